The molecule has 0 atom stereocenters. The average Bonchev–Trinajstić information content (AvgIpc) is 2.81. The lowest BCUT2D eigenvalue weighted by Gasteiger charge is -2.03. The minimum atomic E-state index is -0.281. The van der Waals surface area contributed by atoms with E-state index < -0.39 is 0 Å². The molecule has 0 spiro atoms. The number of aromatic nitrogens is 1. The Hall–Kier alpha value is -2.14. The highest BCUT2D eigenvalue weighted by atomic mass is 32.1. The van der Waals surface area contributed by atoms with Gasteiger partial charge in [-0.3, -0.25) is 0 Å². The summed E-state index contributed by atoms with van der Waals surface area (Å²) in [5, 5.41) is 0.621. The van der Waals surface area contributed by atoms with Gasteiger partial charge in [-0.2, -0.15) is 0 Å². The molecule has 114 valence electrons. The van der Waals surface area contributed by atoms with Gasteiger partial charge in [0, 0.05) is 11.3 Å². The summed E-state index contributed by atoms with van der Waals surface area (Å²) in [6.07, 6.45) is 1.38. The molecule has 0 radical (unpaired) electrons. The molecule has 0 unspecified atom stereocenters. The van der Waals surface area contributed by atoms with E-state index in [0.29, 0.717) is 17.7 Å². The Morgan fingerprint density at radius 3 is 2.59 bits per heavy atom. The van der Waals surface area contributed by atoms with Crippen LogP contribution in [0.5, 0.6) is 5.75 Å². The predicted molar refractivity (Wildman–Crippen MR) is 88.0 cm³/mol. The second-order valence-corrected chi connectivity index (χ2v) is 6.41. The molecule has 4 nitrogen and oxygen atoms in total. The minimum absolute atomic E-state index is 0.281. The molecular formula is C17H17NO3S. The summed E-state index contributed by atoms with van der Waals surface area (Å²) in [6.45, 7) is 3.93. The van der Waals surface area contributed by atoms with Crippen molar-refractivity contribution < 1.29 is 9.15 Å². The van der Waals surface area contributed by atoms with Crippen LogP contribution in [0.3, 0.4) is 0 Å². The van der Waals surface area contributed by atoms with E-state index in [2.05, 4.69) is 4.98 Å². The summed E-state index contributed by atoms with van der Waals surface area (Å²) in [4.78, 5) is 18.5. The number of methoxy groups -OCH3 is 1. The van der Waals surface area contributed by atoms with Crippen LogP contribution >= 0.6 is 11.3 Å². The van der Waals surface area contributed by atoms with E-state index in [4.69, 9.17) is 9.15 Å². The Kier molecular flexibility index (Phi) is 3.98. The van der Waals surface area contributed by atoms with Crippen LogP contribution in [0.2, 0.25) is 0 Å². The molecule has 3 rings (SSSR count). The zero-order chi connectivity index (χ0) is 15.7. The molecule has 0 aliphatic heterocycles. The zero-order valence-corrected chi connectivity index (χ0v) is 13.6. The second-order valence-electron chi connectivity index (χ2n) is 5.21. The zero-order valence-electron chi connectivity index (χ0n) is 12.8. The third kappa shape index (κ3) is 2.76. The molecule has 1 aromatic carbocycles. The van der Waals surface area contributed by atoms with Crippen LogP contribution in [0.1, 0.15) is 21.9 Å². The van der Waals surface area contributed by atoms with E-state index in [1.807, 2.05) is 38.1 Å². The van der Waals surface area contributed by atoms with Gasteiger partial charge in [0.1, 0.15) is 16.0 Å². The van der Waals surface area contributed by atoms with Crippen molar-refractivity contribution in [3.63, 3.8) is 0 Å². The summed E-state index contributed by atoms with van der Waals surface area (Å²) >= 11 is 1.55. The van der Waals surface area contributed by atoms with Crippen molar-refractivity contribution in [1.82, 2.24) is 4.98 Å². The van der Waals surface area contributed by atoms with Crippen molar-refractivity contribution in [2.45, 2.75) is 26.7 Å². The average molecular weight is 315 g/mol. The monoisotopic (exact) mass is 315 g/mol. The number of thiophene rings is 1. The molecule has 0 bridgehead atoms. The smallest absolute Gasteiger partial charge is 0.347 e. The first-order valence-electron chi connectivity index (χ1n) is 7.11. The van der Waals surface area contributed by atoms with Gasteiger partial charge in [0.25, 0.3) is 0 Å². The lowest BCUT2D eigenvalue weighted by atomic mass is 10.1. The molecule has 0 saturated carbocycles. The van der Waals surface area contributed by atoms with Gasteiger partial charge >= 0.3 is 5.63 Å². The highest BCUT2D eigenvalue weighted by molar-refractivity contribution is 7.18. The highest BCUT2D eigenvalue weighted by Gasteiger charge is 2.13. The van der Waals surface area contributed by atoms with Gasteiger partial charge < -0.3 is 9.15 Å². The van der Waals surface area contributed by atoms with E-state index >= 15 is 0 Å². The summed E-state index contributed by atoms with van der Waals surface area (Å²) in [5.74, 6) is 1.33. The largest absolute Gasteiger partial charge is 0.497 e. The molecule has 0 N–H and O–H groups in total. The molecule has 3 aromatic rings. The fourth-order valence-corrected chi connectivity index (χ4v) is 3.40. The van der Waals surface area contributed by atoms with Crippen LogP contribution < -0.4 is 10.4 Å². The number of nitrogens with zero attached hydrogens (tertiary/aromatic N) is 1. The Balaban J connectivity index is 1.83. The number of benzene rings is 1. The molecule has 0 saturated heterocycles. The van der Waals surface area contributed by atoms with Gasteiger partial charge in [0.15, 0.2) is 5.89 Å². The summed E-state index contributed by atoms with van der Waals surface area (Å²) in [7, 11) is 1.65. The van der Waals surface area contributed by atoms with Gasteiger partial charge in [-0.1, -0.05) is 12.1 Å². The number of ether oxygens (including phenoxy) is 1. The van der Waals surface area contributed by atoms with Crippen molar-refractivity contribution in [2.75, 3.05) is 7.11 Å². The van der Waals surface area contributed by atoms with E-state index in [1.165, 1.54) is 0 Å². The standard InChI is InChI=1S/C17H17NO3S/c1-10-11(2)22-16-15(10)17(19)21-14(18-16)9-6-12-4-7-13(20-3)8-5-12/h4-5,7-8H,6,9H2,1-3H3. The molecule has 0 fully saturated rings. The SMILES string of the molecule is COc1ccc(CCc2nc3sc(C)c(C)c3c(=O)o2)cc1. The van der Waals surface area contributed by atoms with Crippen LogP contribution in [0, 0.1) is 13.8 Å². The van der Waals surface area contributed by atoms with Crippen LogP contribution in [0.25, 0.3) is 10.2 Å². The van der Waals surface area contributed by atoms with Crippen LogP contribution in [0.4, 0.5) is 0 Å². The number of aryl methyl sites for hydroxylation is 4. The first kappa shape index (κ1) is 14.8. The summed E-state index contributed by atoms with van der Waals surface area (Å²) < 4.78 is 10.5. The van der Waals surface area contributed by atoms with E-state index in [-0.39, 0.29) is 5.63 Å². The molecule has 2 heterocycles. The number of hydrogen-bond acceptors (Lipinski definition) is 5. The second kappa shape index (κ2) is 5.93. The third-order valence-electron chi connectivity index (χ3n) is 3.79. The quantitative estimate of drug-likeness (QED) is 0.737. The minimum Gasteiger partial charge on any atom is -0.497 e. The van der Waals surface area contributed by atoms with Crippen LogP contribution in [0.15, 0.2) is 33.5 Å². The van der Waals surface area contributed by atoms with E-state index in [0.717, 1.165) is 33.0 Å². The Morgan fingerprint density at radius 2 is 1.91 bits per heavy atom. The van der Waals surface area contributed by atoms with Crippen molar-refractivity contribution in [1.29, 1.82) is 0 Å². The maximum absolute atomic E-state index is 12.1. The number of fused-ring (bicyclic) bond motifs is 1. The van der Waals surface area contributed by atoms with Gasteiger partial charge in [-0.15, -0.1) is 11.3 Å². The predicted octanol–water partition coefficient (Wildman–Crippen LogP) is 3.66. The van der Waals surface area contributed by atoms with Crippen molar-refractivity contribution in [3.8, 4) is 5.75 Å². The number of hydrogen-bond donors (Lipinski definition) is 0. The maximum atomic E-state index is 12.1. The topological polar surface area (TPSA) is 52.3 Å². The first-order chi connectivity index (χ1) is 10.6. The van der Waals surface area contributed by atoms with Crippen molar-refractivity contribution >= 4 is 21.6 Å². The van der Waals surface area contributed by atoms with E-state index in [1.54, 1.807) is 18.4 Å². The highest BCUT2D eigenvalue weighted by Crippen LogP contribution is 2.26. The van der Waals surface area contributed by atoms with Crippen molar-refractivity contribution in [3.05, 3.63) is 56.6 Å². The summed E-state index contributed by atoms with van der Waals surface area (Å²) in [6, 6.07) is 7.87. The Morgan fingerprint density at radius 1 is 1.18 bits per heavy atom. The Labute approximate surface area is 132 Å². The molecule has 0 amide bonds. The lowest BCUT2D eigenvalue weighted by molar-refractivity contribution is 0.414. The van der Waals surface area contributed by atoms with Crippen molar-refractivity contribution in [2.24, 2.45) is 0 Å². The van der Waals surface area contributed by atoms with Gasteiger partial charge in [0.2, 0.25) is 0 Å². The normalized spacial score (nSPS) is 11.0. The van der Waals surface area contributed by atoms with Crippen LogP contribution in [-0.4, -0.2) is 12.1 Å². The van der Waals surface area contributed by atoms with Gasteiger partial charge in [0.05, 0.1) is 7.11 Å². The Bertz CT molecular complexity index is 862. The first-order valence-corrected chi connectivity index (χ1v) is 7.93. The molecule has 5 heteroatoms. The van der Waals surface area contributed by atoms with Gasteiger partial charge in [-0.05, 0) is 43.5 Å². The molecule has 0 aliphatic carbocycles. The number of rotatable bonds is 4. The fourth-order valence-electron chi connectivity index (χ4n) is 2.37. The van der Waals surface area contributed by atoms with Crippen LogP contribution in [-0.2, 0) is 12.8 Å². The molecular weight excluding hydrogens is 298 g/mol. The van der Waals surface area contributed by atoms with E-state index in [9.17, 15) is 4.79 Å². The third-order valence-corrected chi connectivity index (χ3v) is 4.90. The molecule has 0 aliphatic rings. The fraction of sp³-hybridized carbons (Fsp3) is 0.294. The lowest BCUT2D eigenvalue weighted by Crippen LogP contribution is -2.05. The maximum Gasteiger partial charge on any atom is 0.347 e. The van der Waals surface area contributed by atoms with Gasteiger partial charge in [-0.25, -0.2) is 9.78 Å². The molecule has 2 aromatic heterocycles. The molecule has 22 heavy (non-hydrogen) atoms. The summed E-state index contributed by atoms with van der Waals surface area (Å²) in [5.41, 5.74) is 1.85.